The fourth-order valence-electron chi connectivity index (χ4n) is 8.24. The van der Waals surface area contributed by atoms with Crippen molar-refractivity contribution in [1.29, 1.82) is 0 Å². The van der Waals surface area contributed by atoms with Crippen LogP contribution in [0.5, 0.6) is 0 Å². The summed E-state index contributed by atoms with van der Waals surface area (Å²) in [5.41, 5.74) is 18.3. The van der Waals surface area contributed by atoms with Crippen LogP contribution in [0, 0.1) is 0 Å². The number of hydrogen-bond donors (Lipinski definition) is 0. The summed E-state index contributed by atoms with van der Waals surface area (Å²) < 4.78 is 0. The average Bonchev–Trinajstić information content (AvgIpc) is 3.47. The molecule has 0 bridgehead atoms. The van der Waals surface area contributed by atoms with Gasteiger partial charge >= 0.3 is 0 Å². The zero-order chi connectivity index (χ0) is 36.5. The van der Waals surface area contributed by atoms with Crippen molar-refractivity contribution in [2.75, 3.05) is 4.90 Å². The van der Waals surface area contributed by atoms with Crippen LogP contribution in [0.4, 0.5) is 17.1 Å². The van der Waals surface area contributed by atoms with E-state index in [4.69, 9.17) is 0 Å². The Hall–Kier alpha value is -6.70. The summed E-state index contributed by atoms with van der Waals surface area (Å²) in [6.07, 6.45) is 0. The van der Waals surface area contributed by atoms with Crippen molar-refractivity contribution in [3.05, 3.63) is 246 Å². The van der Waals surface area contributed by atoms with Crippen molar-refractivity contribution in [3.63, 3.8) is 0 Å². The molecule has 8 aromatic carbocycles. The van der Waals surface area contributed by atoms with Gasteiger partial charge in [0, 0.05) is 22.5 Å². The van der Waals surface area contributed by atoms with E-state index in [9.17, 15) is 0 Å². The molecule has 0 N–H and O–H groups in total. The SMILES string of the molecule is CC1(C)c2ccccc2-c2ccc(N(c3ccccc3)c3ccc(-c4cccc(C(=C(c5ccccc5)c5ccccc5)c5ccccc5)c4)cc3)cc21. The fourth-order valence-corrected chi connectivity index (χ4v) is 8.24. The molecule has 1 nitrogen and oxygen atoms in total. The van der Waals surface area contributed by atoms with Gasteiger partial charge in [0.25, 0.3) is 0 Å². The van der Waals surface area contributed by atoms with Crippen LogP contribution in [-0.4, -0.2) is 0 Å². The third kappa shape index (κ3) is 6.04. The Morgan fingerprint density at radius 2 is 0.796 bits per heavy atom. The highest BCUT2D eigenvalue weighted by atomic mass is 15.1. The molecule has 0 spiro atoms. The van der Waals surface area contributed by atoms with E-state index in [2.05, 4.69) is 231 Å². The first-order valence-corrected chi connectivity index (χ1v) is 18.8. The van der Waals surface area contributed by atoms with E-state index in [1.165, 1.54) is 66.8 Å². The lowest BCUT2D eigenvalue weighted by atomic mass is 9.82. The third-order valence-electron chi connectivity index (χ3n) is 10.9. The van der Waals surface area contributed by atoms with Crippen LogP contribution >= 0.6 is 0 Å². The van der Waals surface area contributed by atoms with Crippen LogP contribution in [0.3, 0.4) is 0 Å². The summed E-state index contributed by atoms with van der Waals surface area (Å²) in [5, 5.41) is 0. The number of benzene rings is 8. The van der Waals surface area contributed by atoms with Crippen molar-refractivity contribution in [2.24, 2.45) is 0 Å². The first kappa shape index (κ1) is 33.2. The molecule has 0 heterocycles. The zero-order valence-corrected chi connectivity index (χ0v) is 30.7. The quantitative estimate of drug-likeness (QED) is 0.143. The highest BCUT2D eigenvalue weighted by Gasteiger charge is 2.35. The minimum atomic E-state index is -0.0763. The van der Waals surface area contributed by atoms with Crippen LogP contribution in [0.2, 0.25) is 0 Å². The molecule has 9 rings (SSSR count). The van der Waals surface area contributed by atoms with Crippen molar-refractivity contribution >= 4 is 28.2 Å². The molecule has 0 unspecified atom stereocenters. The predicted molar refractivity (Wildman–Crippen MR) is 228 cm³/mol. The van der Waals surface area contributed by atoms with Crippen molar-refractivity contribution in [2.45, 2.75) is 19.3 Å². The molecule has 0 atom stereocenters. The topological polar surface area (TPSA) is 3.24 Å². The lowest BCUT2D eigenvalue weighted by Crippen LogP contribution is -2.16. The molecule has 0 radical (unpaired) electrons. The summed E-state index contributed by atoms with van der Waals surface area (Å²) in [6, 6.07) is 76.9. The van der Waals surface area contributed by atoms with E-state index >= 15 is 0 Å². The molecule has 8 aromatic rings. The summed E-state index contributed by atoms with van der Waals surface area (Å²) in [6.45, 7) is 4.69. The third-order valence-corrected chi connectivity index (χ3v) is 10.9. The van der Waals surface area contributed by atoms with E-state index in [0.29, 0.717) is 0 Å². The van der Waals surface area contributed by atoms with E-state index in [1.54, 1.807) is 0 Å². The van der Waals surface area contributed by atoms with Crippen LogP contribution in [-0.2, 0) is 5.41 Å². The Labute approximate surface area is 319 Å². The Kier molecular flexibility index (Phi) is 8.61. The fraction of sp³-hybridized carbons (Fsp3) is 0.0566. The molecule has 1 aliphatic rings. The van der Waals surface area contributed by atoms with Gasteiger partial charge in [-0.2, -0.15) is 0 Å². The Morgan fingerprint density at radius 1 is 0.333 bits per heavy atom. The predicted octanol–water partition coefficient (Wildman–Crippen LogP) is 14.1. The van der Waals surface area contributed by atoms with E-state index in [1.807, 2.05) is 0 Å². The molecule has 0 aliphatic heterocycles. The molecule has 0 amide bonds. The minimum absolute atomic E-state index is 0.0763. The first-order valence-electron chi connectivity index (χ1n) is 18.8. The first-order chi connectivity index (χ1) is 26.6. The molecule has 54 heavy (non-hydrogen) atoms. The maximum atomic E-state index is 2.40. The van der Waals surface area contributed by atoms with Gasteiger partial charge in [-0.25, -0.2) is 0 Å². The smallest absolute Gasteiger partial charge is 0.0465 e. The van der Waals surface area contributed by atoms with Crippen molar-refractivity contribution in [3.8, 4) is 22.3 Å². The molecule has 1 heteroatoms. The van der Waals surface area contributed by atoms with Gasteiger partial charge in [0.2, 0.25) is 0 Å². The van der Waals surface area contributed by atoms with E-state index in [0.717, 1.165) is 17.1 Å². The second-order valence-electron chi connectivity index (χ2n) is 14.5. The van der Waals surface area contributed by atoms with Crippen LogP contribution in [0.25, 0.3) is 33.4 Å². The number of fused-ring (bicyclic) bond motifs is 3. The molecule has 0 aromatic heterocycles. The Balaban J connectivity index is 1.14. The highest BCUT2D eigenvalue weighted by Crippen LogP contribution is 2.50. The van der Waals surface area contributed by atoms with Crippen LogP contribution in [0.1, 0.15) is 47.2 Å². The molecule has 258 valence electrons. The summed E-state index contributed by atoms with van der Waals surface area (Å²) in [4.78, 5) is 2.38. The molecule has 0 saturated carbocycles. The van der Waals surface area contributed by atoms with Gasteiger partial charge in [0.1, 0.15) is 0 Å². The maximum Gasteiger partial charge on any atom is 0.0465 e. The number of rotatable bonds is 8. The summed E-state index contributed by atoms with van der Waals surface area (Å²) in [7, 11) is 0. The van der Waals surface area contributed by atoms with Gasteiger partial charge < -0.3 is 4.90 Å². The maximum absolute atomic E-state index is 2.40. The van der Waals surface area contributed by atoms with Crippen molar-refractivity contribution in [1.82, 2.24) is 0 Å². The van der Waals surface area contributed by atoms with Gasteiger partial charge in [0.15, 0.2) is 0 Å². The number of para-hydroxylation sites is 1. The lowest BCUT2D eigenvalue weighted by Gasteiger charge is -2.28. The van der Waals surface area contributed by atoms with Crippen molar-refractivity contribution < 1.29 is 0 Å². The average molecular weight is 692 g/mol. The second-order valence-corrected chi connectivity index (χ2v) is 14.5. The Morgan fingerprint density at radius 3 is 1.41 bits per heavy atom. The molecule has 0 saturated heterocycles. The monoisotopic (exact) mass is 691 g/mol. The number of anilines is 3. The van der Waals surface area contributed by atoms with E-state index < -0.39 is 0 Å². The molecule has 0 fully saturated rings. The number of hydrogen-bond acceptors (Lipinski definition) is 1. The zero-order valence-electron chi connectivity index (χ0n) is 30.7. The lowest BCUT2D eigenvalue weighted by molar-refractivity contribution is 0.660. The van der Waals surface area contributed by atoms with Gasteiger partial charge in [-0.15, -0.1) is 0 Å². The van der Waals surface area contributed by atoms with Gasteiger partial charge in [-0.3, -0.25) is 0 Å². The van der Waals surface area contributed by atoms with Crippen LogP contribution in [0.15, 0.2) is 212 Å². The Bertz CT molecular complexity index is 2540. The van der Waals surface area contributed by atoms with E-state index in [-0.39, 0.29) is 5.41 Å². The van der Waals surface area contributed by atoms with Gasteiger partial charge in [-0.1, -0.05) is 184 Å². The standard InChI is InChI=1S/C53H41N/c1-53(2)49-29-16-15-28-47(49)48-35-34-46(37-50(48)53)54(44-26-13-6-14-27-44)45-32-30-38(31-33-45)42-24-17-25-43(36-42)52(41-22-11-5-12-23-41)51(39-18-7-3-8-19-39)40-20-9-4-10-21-40/h3-37H,1-2H3. The second kappa shape index (κ2) is 14.0. The van der Waals surface area contributed by atoms with Gasteiger partial charge in [-0.05, 0) is 109 Å². The number of nitrogens with zero attached hydrogens (tertiary/aromatic N) is 1. The van der Waals surface area contributed by atoms with Gasteiger partial charge in [0.05, 0.1) is 0 Å². The summed E-state index contributed by atoms with van der Waals surface area (Å²) >= 11 is 0. The van der Waals surface area contributed by atoms with Crippen LogP contribution < -0.4 is 4.90 Å². The minimum Gasteiger partial charge on any atom is -0.310 e. The highest BCUT2D eigenvalue weighted by molar-refractivity contribution is 6.05. The summed E-state index contributed by atoms with van der Waals surface area (Å²) in [5.74, 6) is 0. The largest absolute Gasteiger partial charge is 0.310 e. The normalized spacial score (nSPS) is 12.4. The molecule has 1 aliphatic carbocycles. The molecular weight excluding hydrogens is 651 g/mol. The molecular formula is C53H41N.